The molecule has 1 amide bonds. The van der Waals surface area contributed by atoms with Crippen molar-refractivity contribution in [1.29, 1.82) is 0 Å². The lowest BCUT2D eigenvalue weighted by molar-refractivity contribution is 0.0753. The van der Waals surface area contributed by atoms with Gasteiger partial charge in [0.2, 0.25) is 0 Å². The lowest BCUT2D eigenvalue weighted by Gasteiger charge is -2.23. The maximum atomic E-state index is 12.4. The van der Waals surface area contributed by atoms with E-state index in [0.717, 1.165) is 42.0 Å². The van der Waals surface area contributed by atoms with Gasteiger partial charge in [-0.25, -0.2) is 4.79 Å². The van der Waals surface area contributed by atoms with Gasteiger partial charge in [0, 0.05) is 19.2 Å². The molecule has 6 heteroatoms. The Bertz CT molecular complexity index is 851. The van der Waals surface area contributed by atoms with Crippen LogP contribution in [0.3, 0.4) is 0 Å². The molecule has 0 N–H and O–H groups in total. The van der Waals surface area contributed by atoms with E-state index >= 15 is 0 Å². The zero-order valence-corrected chi connectivity index (χ0v) is 18.2. The molecule has 2 saturated carbocycles. The average molecular weight is 413 g/mol. The largest absolute Gasteiger partial charge is 0.490 e. The van der Waals surface area contributed by atoms with Crippen molar-refractivity contribution in [2.75, 3.05) is 13.6 Å². The van der Waals surface area contributed by atoms with Crippen molar-refractivity contribution in [2.45, 2.75) is 71.0 Å². The zero-order valence-electron chi connectivity index (χ0n) is 18.2. The predicted molar refractivity (Wildman–Crippen MR) is 114 cm³/mol. The van der Waals surface area contributed by atoms with Crippen LogP contribution in [0, 0.1) is 12.8 Å². The molecule has 2 fully saturated rings. The number of hydrogen-bond donors (Lipinski definition) is 0. The third kappa shape index (κ3) is 4.97. The van der Waals surface area contributed by atoms with Crippen LogP contribution in [0.15, 0.2) is 28.8 Å². The Balaban J connectivity index is 1.43. The Morgan fingerprint density at radius 3 is 2.53 bits per heavy atom. The van der Waals surface area contributed by atoms with E-state index in [2.05, 4.69) is 5.16 Å². The van der Waals surface area contributed by atoms with Gasteiger partial charge in [-0.05, 0) is 82.6 Å². The van der Waals surface area contributed by atoms with Crippen LogP contribution in [0.1, 0.15) is 69.2 Å². The van der Waals surface area contributed by atoms with E-state index in [0.29, 0.717) is 17.8 Å². The van der Waals surface area contributed by atoms with Gasteiger partial charge in [0.15, 0.2) is 5.76 Å². The summed E-state index contributed by atoms with van der Waals surface area (Å²) in [5.41, 5.74) is 2.44. The van der Waals surface area contributed by atoms with Crippen LogP contribution >= 0.6 is 0 Å². The van der Waals surface area contributed by atoms with E-state index in [-0.39, 0.29) is 6.09 Å². The molecule has 2 aromatic rings. The summed E-state index contributed by atoms with van der Waals surface area (Å²) in [4.78, 5) is 14.1. The van der Waals surface area contributed by atoms with E-state index in [1.54, 1.807) is 11.9 Å². The Morgan fingerprint density at radius 1 is 1.17 bits per heavy atom. The monoisotopic (exact) mass is 412 g/mol. The predicted octanol–water partition coefficient (Wildman–Crippen LogP) is 5.90. The van der Waals surface area contributed by atoms with Crippen molar-refractivity contribution in [3.05, 3.63) is 35.5 Å². The summed E-state index contributed by atoms with van der Waals surface area (Å²) in [7, 11) is 1.79. The second-order valence-corrected chi connectivity index (χ2v) is 8.76. The zero-order chi connectivity index (χ0) is 21.1. The van der Waals surface area contributed by atoms with Crippen molar-refractivity contribution in [3.63, 3.8) is 0 Å². The summed E-state index contributed by atoms with van der Waals surface area (Å²) in [6, 6.07) is 7.92. The second-order valence-electron chi connectivity index (χ2n) is 8.76. The molecule has 1 unspecified atom stereocenters. The van der Waals surface area contributed by atoms with Gasteiger partial charge in [-0.1, -0.05) is 11.6 Å². The van der Waals surface area contributed by atoms with E-state index in [1.807, 2.05) is 38.1 Å². The van der Waals surface area contributed by atoms with Crippen LogP contribution in [0.5, 0.6) is 5.75 Å². The smallest absolute Gasteiger partial charge is 0.410 e. The fourth-order valence-electron chi connectivity index (χ4n) is 4.19. The van der Waals surface area contributed by atoms with Crippen molar-refractivity contribution < 1.29 is 18.8 Å². The number of carbonyl (C=O) groups excluding carboxylic acids is 1. The minimum absolute atomic E-state index is 0.308. The molecular formula is C24H32N2O4. The molecule has 2 aliphatic carbocycles. The normalized spacial score (nSPS) is 18.1. The molecule has 0 radical (unpaired) electrons. The first-order valence-corrected chi connectivity index (χ1v) is 11.2. The Kier molecular flexibility index (Phi) is 6.30. The topological polar surface area (TPSA) is 64.8 Å². The van der Waals surface area contributed by atoms with Crippen molar-refractivity contribution in [1.82, 2.24) is 10.1 Å². The van der Waals surface area contributed by atoms with Crippen LogP contribution in [0.2, 0.25) is 0 Å². The molecule has 0 saturated heterocycles. The SMILES string of the molecule is Cc1noc(-c2ccc(OC3CCCCC3)cc2)c1C(C)OC(=O)N(C)CC1CC1. The molecule has 4 rings (SSSR count). The Labute approximate surface area is 178 Å². The number of nitrogens with zero attached hydrogens (tertiary/aromatic N) is 2. The number of rotatable bonds is 7. The molecule has 1 atom stereocenters. The molecule has 30 heavy (non-hydrogen) atoms. The highest BCUT2D eigenvalue weighted by Crippen LogP contribution is 2.35. The van der Waals surface area contributed by atoms with Gasteiger partial charge < -0.3 is 18.9 Å². The van der Waals surface area contributed by atoms with Crippen LogP contribution in [-0.4, -0.2) is 35.8 Å². The molecule has 6 nitrogen and oxygen atoms in total. The van der Waals surface area contributed by atoms with Crippen LogP contribution in [0.25, 0.3) is 11.3 Å². The molecular weight excluding hydrogens is 380 g/mol. The molecule has 1 aromatic carbocycles. The quantitative estimate of drug-likeness (QED) is 0.566. The lowest BCUT2D eigenvalue weighted by atomic mass is 9.98. The van der Waals surface area contributed by atoms with Crippen molar-refractivity contribution >= 4 is 6.09 Å². The van der Waals surface area contributed by atoms with Gasteiger partial charge in [-0.15, -0.1) is 0 Å². The van der Waals surface area contributed by atoms with Crippen LogP contribution in [-0.2, 0) is 4.74 Å². The number of hydrogen-bond acceptors (Lipinski definition) is 5. The number of aryl methyl sites for hydroxylation is 1. The summed E-state index contributed by atoms with van der Waals surface area (Å²) < 4.78 is 17.5. The first kappa shape index (κ1) is 20.8. The third-order valence-corrected chi connectivity index (χ3v) is 6.10. The maximum absolute atomic E-state index is 12.4. The average Bonchev–Trinajstić information content (AvgIpc) is 3.47. The van der Waals surface area contributed by atoms with Gasteiger partial charge >= 0.3 is 6.09 Å². The first-order valence-electron chi connectivity index (χ1n) is 11.2. The van der Waals surface area contributed by atoms with Gasteiger partial charge in [0.05, 0.1) is 17.4 Å². The fraction of sp³-hybridized carbons (Fsp3) is 0.583. The van der Waals surface area contributed by atoms with Gasteiger partial charge in [0.1, 0.15) is 11.9 Å². The third-order valence-electron chi connectivity index (χ3n) is 6.10. The molecule has 0 bridgehead atoms. The van der Waals surface area contributed by atoms with E-state index < -0.39 is 6.10 Å². The molecule has 1 heterocycles. The fourth-order valence-corrected chi connectivity index (χ4v) is 4.19. The van der Waals surface area contributed by atoms with E-state index in [1.165, 1.54) is 32.1 Å². The maximum Gasteiger partial charge on any atom is 0.410 e. The van der Waals surface area contributed by atoms with Gasteiger partial charge in [0.25, 0.3) is 0 Å². The summed E-state index contributed by atoms with van der Waals surface area (Å²) in [6.45, 7) is 4.50. The highest BCUT2D eigenvalue weighted by molar-refractivity contribution is 5.69. The molecule has 162 valence electrons. The van der Waals surface area contributed by atoms with Crippen molar-refractivity contribution in [3.8, 4) is 17.1 Å². The highest BCUT2D eigenvalue weighted by atomic mass is 16.6. The number of benzene rings is 1. The van der Waals surface area contributed by atoms with Crippen LogP contribution in [0.4, 0.5) is 4.79 Å². The standard InChI is InChI=1S/C24H32N2O4/c1-16-22(17(2)28-24(27)26(3)15-18-9-10-18)23(30-25-16)19-11-13-21(14-12-19)29-20-7-5-4-6-8-20/h11-14,17-18,20H,4-10,15H2,1-3H3. The molecule has 0 aliphatic heterocycles. The number of ether oxygens (including phenoxy) is 2. The number of carbonyl (C=O) groups is 1. The van der Waals surface area contributed by atoms with Gasteiger partial charge in [-0.2, -0.15) is 0 Å². The van der Waals surface area contributed by atoms with E-state index in [4.69, 9.17) is 14.0 Å². The highest BCUT2D eigenvalue weighted by Gasteiger charge is 2.28. The summed E-state index contributed by atoms with van der Waals surface area (Å²) in [5.74, 6) is 2.14. The minimum Gasteiger partial charge on any atom is -0.490 e. The van der Waals surface area contributed by atoms with Crippen molar-refractivity contribution in [2.24, 2.45) is 5.92 Å². The summed E-state index contributed by atoms with van der Waals surface area (Å²) in [5, 5.41) is 4.13. The Morgan fingerprint density at radius 2 is 1.87 bits per heavy atom. The molecule has 2 aliphatic rings. The Hall–Kier alpha value is -2.50. The lowest BCUT2D eigenvalue weighted by Crippen LogP contribution is -2.30. The minimum atomic E-state index is -0.446. The molecule has 1 aromatic heterocycles. The number of aromatic nitrogens is 1. The number of amides is 1. The van der Waals surface area contributed by atoms with E-state index in [9.17, 15) is 4.79 Å². The van der Waals surface area contributed by atoms with Gasteiger partial charge in [-0.3, -0.25) is 0 Å². The van der Waals surface area contributed by atoms with Crippen LogP contribution < -0.4 is 4.74 Å². The summed E-state index contributed by atoms with van der Waals surface area (Å²) in [6.07, 6.45) is 8.02. The first-order chi connectivity index (χ1) is 14.5. The summed E-state index contributed by atoms with van der Waals surface area (Å²) >= 11 is 0. The second kappa shape index (κ2) is 9.11. The molecule has 0 spiro atoms.